The van der Waals surface area contributed by atoms with Crippen LogP contribution in [0, 0.1) is 0 Å². The Bertz CT molecular complexity index is 2590. The van der Waals surface area contributed by atoms with Crippen LogP contribution in [0.25, 0.3) is 0 Å². The molecule has 62 heavy (non-hydrogen) atoms. The average Bonchev–Trinajstić information content (AvgIpc) is 3.80. The van der Waals surface area contributed by atoms with Crippen molar-refractivity contribution < 1.29 is 24.7 Å². The van der Waals surface area contributed by atoms with E-state index < -0.39 is 17.4 Å². The van der Waals surface area contributed by atoms with Gasteiger partial charge in [-0.2, -0.15) is 0 Å². The number of imide groups is 1. The van der Waals surface area contributed by atoms with Gasteiger partial charge in [0.1, 0.15) is 58.4 Å². The second-order valence-corrected chi connectivity index (χ2v) is 15.1. The lowest BCUT2D eigenvalue weighted by atomic mass is 9.84. The van der Waals surface area contributed by atoms with Crippen LogP contribution in [0.5, 0.6) is 0 Å². The fourth-order valence-electron chi connectivity index (χ4n) is 9.05. The van der Waals surface area contributed by atoms with Gasteiger partial charge in [-0.15, -0.1) is 0 Å². The molecular weight excluding hydrogens is 801 g/mol. The Labute approximate surface area is 354 Å². The third-order valence-electron chi connectivity index (χ3n) is 11.5. The van der Waals surface area contributed by atoms with Crippen LogP contribution in [0.1, 0.15) is 100 Å². The number of aromatic nitrogens is 6. The Morgan fingerprint density at radius 1 is 0.645 bits per heavy atom. The van der Waals surface area contributed by atoms with E-state index in [1.54, 1.807) is 77.6 Å². The molecule has 2 aliphatic carbocycles. The van der Waals surface area contributed by atoms with Gasteiger partial charge in [-0.05, 0) is 87.1 Å². The number of hydrogen-bond donors (Lipinski definition) is 7. The number of anilines is 4. The van der Waals surface area contributed by atoms with Crippen molar-refractivity contribution in [1.29, 1.82) is 0 Å². The highest BCUT2D eigenvalue weighted by Gasteiger charge is 2.51. The molecule has 2 unspecified atom stereocenters. The summed E-state index contributed by atoms with van der Waals surface area (Å²) < 4.78 is 3.04. The molecule has 324 valence electrons. The number of nitrogens with one attached hydrogen (secondary N) is 4. The molecule has 21 heteroatoms. The Morgan fingerprint density at radius 2 is 1.11 bits per heavy atom. The van der Waals surface area contributed by atoms with Crippen LogP contribution in [-0.2, 0) is 11.3 Å². The molecule has 21 nitrogen and oxygen atoms in total. The third kappa shape index (κ3) is 7.68. The molecule has 3 aliphatic heterocycles. The highest BCUT2D eigenvalue weighted by atomic mass is 16.2. The summed E-state index contributed by atoms with van der Waals surface area (Å²) in [5.74, 6) is 7.72. The van der Waals surface area contributed by atoms with E-state index in [2.05, 4.69) is 52.9 Å². The highest BCUT2D eigenvalue weighted by molar-refractivity contribution is 6.21. The first-order valence-corrected chi connectivity index (χ1v) is 19.4. The molecule has 2 fully saturated rings. The van der Waals surface area contributed by atoms with E-state index in [1.165, 1.54) is 22.1 Å². The van der Waals surface area contributed by atoms with E-state index in [0.29, 0.717) is 66.2 Å². The van der Waals surface area contributed by atoms with Crippen molar-refractivity contribution in [2.45, 2.75) is 82.2 Å². The van der Waals surface area contributed by atoms with Gasteiger partial charge in [0, 0.05) is 37.3 Å². The van der Waals surface area contributed by atoms with Gasteiger partial charge < -0.3 is 32.5 Å². The summed E-state index contributed by atoms with van der Waals surface area (Å²) in [5.41, 5.74) is 5.77. The van der Waals surface area contributed by atoms with Crippen molar-refractivity contribution in [3.63, 3.8) is 0 Å². The molecule has 5 aromatic rings. The van der Waals surface area contributed by atoms with E-state index in [9.17, 15) is 28.8 Å². The normalized spacial score (nSPS) is 22.6. The quantitative estimate of drug-likeness (QED) is 0.0745. The Kier molecular flexibility index (Phi) is 12.7. The largest absolute Gasteiger partial charge is 0.412 e. The first-order valence-electron chi connectivity index (χ1n) is 19.4. The van der Waals surface area contributed by atoms with Gasteiger partial charge in [0.15, 0.2) is 0 Å². The molecule has 0 radical (unpaired) electrons. The Morgan fingerprint density at radius 3 is 1.56 bits per heavy atom. The summed E-state index contributed by atoms with van der Waals surface area (Å²) >= 11 is 0. The van der Waals surface area contributed by atoms with Crippen molar-refractivity contribution in [3.05, 3.63) is 129 Å². The molecule has 4 atom stereocenters. The smallest absolute Gasteiger partial charge is 0.276 e. The number of nitrogens with zero attached hydrogens (tertiary/aromatic N) is 7. The van der Waals surface area contributed by atoms with Crippen molar-refractivity contribution in [1.82, 2.24) is 44.6 Å². The maximum absolute atomic E-state index is 13.5. The number of fused-ring (bicyclic) bond motifs is 5. The molecule has 0 saturated heterocycles. The van der Waals surface area contributed by atoms with Crippen molar-refractivity contribution in [2.24, 2.45) is 17.4 Å². The summed E-state index contributed by atoms with van der Waals surface area (Å²) in [4.78, 5) is 95.0. The third-order valence-corrected chi connectivity index (χ3v) is 11.5. The predicted molar refractivity (Wildman–Crippen MR) is 227 cm³/mol. The van der Waals surface area contributed by atoms with Gasteiger partial charge in [-0.1, -0.05) is 19.6 Å². The van der Waals surface area contributed by atoms with Gasteiger partial charge in [-0.3, -0.25) is 54.5 Å². The van der Waals surface area contributed by atoms with Crippen LogP contribution in [-0.4, -0.2) is 75.2 Å². The molecule has 7 heterocycles. The van der Waals surface area contributed by atoms with Gasteiger partial charge in [0.2, 0.25) is 0 Å². The molecule has 10 rings (SSSR count). The van der Waals surface area contributed by atoms with Gasteiger partial charge in [0.05, 0.1) is 11.1 Å². The summed E-state index contributed by atoms with van der Waals surface area (Å²) in [7, 11) is 0. The van der Waals surface area contributed by atoms with E-state index in [4.69, 9.17) is 5.73 Å². The van der Waals surface area contributed by atoms with E-state index in [0.717, 1.165) is 12.8 Å². The van der Waals surface area contributed by atoms with E-state index >= 15 is 0 Å². The Balaban J connectivity index is 0.000000203. The number of carbonyl (C=O) groups excluding carboxylic acids is 4. The standard InChI is InChI=1S/C24H20N6O4.C16H18N6O2.CH4.H4N2.H2O/c31-20-18-8-7-17(27-19-9-11-25-13-26-19)23(34)30(18)24(28-20)10-3-4-14(12-24)29-21(32)15-5-1-2-6-16(15)22(29)33;17-10-2-1-6-16(8-10)21-14(23)12-4-3-11(15(24)22(12)16)20-13-5-7-18-9-19-13;;1-2;/h1-2,5-9,11,13-14H,3-4,10,12H2,(H,28,31)(H,25,26,27);3-5,7,9-10H,1-2,6,8,17H2,(H,21,23)(H,18,19,20);1H4;1-2H2;1H2/t14-,24?;10-,16?;;;/m00.../s1. The van der Waals surface area contributed by atoms with Crippen LogP contribution in [0.15, 0.2) is 95.3 Å². The minimum atomic E-state index is -1.02. The maximum atomic E-state index is 13.5. The topological polar surface area (TPSA) is 325 Å². The van der Waals surface area contributed by atoms with Gasteiger partial charge >= 0.3 is 0 Å². The zero-order chi connectivity index (χ0) is 42.2. The number of hydrogen-bond acceptors (Lipinski definition) is 15. The first kappa shape index (κ1) is 44.4. The number of carbonyl (C=O) groups is 4. The highest BCUT2D eigenvalue weighted by Crippen LogP contribution is 2.41. The SMILES string of the molecule is C.NN.N[C@H]1CCCC2(C1)NC(=O)c1ccc(Nc3ccncn3)c(=O)n12.O.O=C1NC2(CCC[C@H](N3C(=O)c4ccccc4C3=O)C2)n2c1ccc(Nc1ccncn1)c2=O. The fourth-order valence-corrected chi connectivity index (χ4v) is 9.05. The first-order chi connectivity index (χ1) is 29.1. The summed E-state index contributed by atoms with van der Waals surface area (Å²) in [6.07, 6.45) is 11.0. The zero-order valence-corrected chi connectivity index (χ0v) is 32.7. The molecule has 1 aromatic carbocycles. The lowest BCUT2D eigenvalue weighted by Gasteiger charge is -2.41. The molecule has 2 saturated carbocycles. The van der Waals surface area contributed by atoms with Crippen molar-refractivity contribution in [2.75, 3.05) is 10.6 Å². The van der Waals surface area contributed by atoms with Crippen molar-refractivity contribution >= 4 is 46.6 Å². The second kappa shape index (κ2) is 17.8. The molecule has 4 amide bonds. The predicted octanol–water partition coefficient (Wildman–Crippen LogP) is 1.33. The van der Waals surface area contributed by atoms with Gasteiger partial charge in [-0.25, -0.2) is 19.9 Å². The van der Waals surface area contributed by atoms with Crippen LogP contribution >= 0.6 is 0 Å². The summed E-state index contributed by atoms with van der Waals surface area (Å²) in [6.45, 7) is 0. The second-order valence-electron chi connectivity index (χ2n) is 15.1. The molecule has 5 aliphatic rings. The number of rotatable bonds is 5. The minimum absolute atomic E-state index is 0. The molecular formula is C41H48N14O7. The van der Waals surface area contributed by atoms with Crippen LogP contribution in [0.2, 0.25) is 0 Å². The Hall–Kier alpha value is -7.20. The number of hydrazine groups is 1. The number of nitrogens with two attached hydrogens (primary N) is 3. The lowest BCUT2D eigenvalue weighted by molar-refractivity contribution is 0.0414. The monoisotopic (exact) mass is 848 g/mol. The maximum Gasteiger partial charge on any atom is 0.276 e. The summed E-state index contributed by atoms with van der Waals surface area (Å²) in [5, 5.41) is 12.0. The lowest BCUT2D eigenvalue weighted by Crippen LogP contribution is -2.55. The minimum Gasteiger partial charge on any atom is -0.412 e. The fraction of sp³-hybridized carbons (Fsp3) is 0.317. The van der Waals surface area contributed by atoms with E-state index in [-0.39, 0.29) is 71.5 Å². The van der Waals surface area contributed by atoms with Crippen LogP contribution < -0.4 is 49.8 Å². The van der Waals surface area contributed by atoms with E-state index in [1.807, 2.05) is 0 Å². The number of pyridine rings is 2. The number of amides is 4. The zero-order valence-electron chi connectivity index (χ0n) is 32.7. The average molecular weight is 849 g/mol. The van der Waals surface area contributed by atoms with Crippen LogP contribution in [0.3, 0.4) is 0 Å². The van der Waals surface area contributed by atoms with Crippen LogP contribution in [0.4, 0.5) is 23.0 Å². The molecule has 12 N–H and O–H groups in total. The molecule has 0 bridgehead atoms. The molecule has 4 aromatic heterocycles. The van der Waals surface area contributed by atoms with Gasteiger partial charge in [0.25, 0.3) is 34.7 Å². The molecule has 2 spiro atoms. The summed E-state index contributed by atoms with van der Waals surface area (Å²) in [6, 6.07) is 16.0. The van der Waals surface area contributed by atoms with Crippen molar-refractivity contribution in [3.8, 4) is 0 Å². The number of benzene rings is 1.